The molecule has 1 amide bonds. The standard InChI is InChI=1S/C11H18N4O/c1-12-7-9-5-4-6-14-11(9)15(3)8-10(16)13-2/h4-6,12H,7-8H2,1-3H3,(H,13,16). The van der Waals surface area contributed by atoms with Gasteiger partial charge in [0.1, 0.15) is 5.82 Å². The summed E-state index contributed by atoms with van der Waals surface area (Å²) in [4.78, 5) is 17.4. The minimum absolute atomic E-state index is 0.0245. The van der Waals surface area contributed by atoms with E-state index < -0.39 is 0 Å². The van der Waals surface area contributed by atoms with Crippen LogP contribution in [0.4, 0.5) is 5.82 Å². The monoisotopic (exact) mass is 222 g/mol. The topological polar surface area (TPSA) is 57.3 Å². The maximum atomic E-state index is 11.3. The highest BCUT2D eigenvalue weighted by Crippen LogP contribution is 2.14. The van der Waals surface area contributed by atoms with Crippen LogP contribution < -0.4 is 15.5 Å². The lowest BCUT2D eigenvalue weighted by Crippen LogP contribution is -2.34. The van der Waals surface area contributed by atoms with E-state index in [1.807, 2.05) is 31.1 Å². The summed E-state index contributed by atoms with van der Waals surface area (Å²) in [7, 11) is 5.37. The second kappa shape index (κ2) is 6.07. The number of nitrogens with zero attached hydrogens (tertiary/aromatic N) is 2. The first kappa shape index (κ1) is 12.4. The van der Waals surface area contributed by atoms with E-state index in [2.05, 4.69) is 15.6 Å². The van der Waals surface area contributed by atoms with Crippen LogP contribution in [-0.4, -0.2) is 38.6 Å². The largest absolute Gasteiger partial charge is 0.358 e. The van der Waals surface area contributed by atoms with Crippen LogP contribution in [0.3, 0.4) is 0 Å². The Kier molecular flexibility index (Phi) is 4.72. The van der Waals surface area contributed by atoms with Gasteiger partial charge in [0.25, 0.3) is 0 Å². The maximum absolute atomic E-state index is 11.3. The van der Waals surface area contributed by atoms with Crippen molar-refractivity contribution in [2.45, 2.75) is 6.54 Å². The number of pyridine rings is 1. The molecule has 0 fully saturated rings. The Labute approximate surface area is 95.9 Å². The van der Waals surface area contributed by atoms with Crippen LogP contribution in [0, 0.1) is 0 Å². The molecule has 0 saturated carbocycles. The van der Waals surface area contributed by atoms with Crippen LogP contribution in [0.25, 0.3) is 0 Å². The van der Waals surface area contributed by atoms with Gasteiger partial charge in [-0.15, -0.1) is 0 Å². The van der Waals surface area contributed by atoms with Gasteiger partial charge in [-0.3, -0.25) is 4.79 Å². The Hall–Kier alpha value is -1.62. The van der Waals surface area contributed by atoms with Crippen LogP contribution in [0.2, 0.25) is 0 Å². The molecule has 0 spiro atoms. The van der Waals surface area contributed by atoms with Crippen molar-refractivity contribution in [2.24, 2.45) is 0 Å². The van der Waals surface area contributed by atoms with Crippen molar-refractivity contribution in [1.29, 1.82) is 0 Å². The Morgan fingerprint density at radius 2 is 2.25 bits per heavy atom. The smallest absolute Gasteiger partial charge is 0.239 e. The number of anilines is 1. The minimum atomic E-state index is -0.0245. The molecule has 5 nitrogen and oxygen atoms in total. The zero-order chi connectivity index (χ0) is 12.0. The van der Waals surface area contributed by atoms with Gasteiger partial charge in [-0.2, -0.15) is 0 Å². The van der Waals surface area contributed by atoms with Crippen LogP contribution in [0.1, 0.15) is 5.56 Å². The lowest BCUT2D eigenvalue weighted by atomic mass is 10.2. The van der Waals surface area contributed by atoms with Gasteiger partial charge in [0, 0.05) is 32.4 Å². The number of hydrogen-bond donors (Lipinski definition) is 2. The molecule has 88 valence electrons. The molecule has 2 N–H and O–H groups in total. The first-order valence-electron chi connectivity index (χ1n) is 5.19. The van der Waals surface area contributed by atoms with Crippen molar-refractivity contribution in [3.05, 3.63) is 23.9 Å². The molecule has 1 rings (SSSR count). The number of hydrogen-bond acceptors (Lipinski definition) is 4. The van der Waals surface area contributed by atoms with Gasteiger partial charge >= 0.3 is 0 Å². The van der Waals surface area contributed by atoms with E-state index >= 15 is 0 Å². The number of carbonyl (C=O) groups is 1. The fraction of sp³-hybridized carbons (Fsp3) is 0.455. The Morgan fingerprint density at radius 1 is 1.50 bits per heavy atom. The highest BCUT2D eigenvalue weighted by atomic mass is 16.1. The fourth-order valence-electron chi connectivity index (χ4n) is 1.47. The second-order valence-corrected chi connectivity index (χ2v) is 3.55. The number of likely N-dealkylation sites (N-methyl/N-ethyl adjacent to an activating group) is 2. The van der Waals surface area contributed by atoms with E-state index in [1.54, 1.807) is 13.2 Å². The first-order valence-corrected chi connectivity index (χ1v) is 5.19. The van der Waals surface area contributed by atoms with E-state index in [0.29, 0.717) is 6.54 Å². The summed E-state index contributed by atoms with van der Waals surface area (Å²) in [6.07, 6.45) is 1.73. The number of carbonyl (C=O) groups excluding carboxylic acids is 1. The molecule has 0 atom stereocenters. The zero-order valence-corrected chi connectivity index (χ0v) is 9.95. The predicted molar refractivity (Wildman–Crippen MR) is 64.3 cm³/mol. The molecule has 0 bridgehead atoms. The van der Waals surface area contributed by atoms with Gasteiger partial charge in [-0.1, -0.05) is 6.07 Å². The van der Waals surface area contributed by atoms with Gasteiger partial charge in [-0.05, 0) is 13.1 Å². The average molecular weight is 222 g/mol. The van der Waals surface area contributed by atoms with E-state index in [4.69, 9.17) is 0 Å². The summed E-state index contributed by atoms with van der Waals surface area (Å²) in [6, 6.07) is 3.89. The molecule has 0 aliphatic rings. The SMILES string of the molecule is CNCc1cccnc1N(C)CC(=O)NC. The van der Waals surface area contributed by atoms with Gasteiger partial charge in [-0.25, -0.2) is 4.98 Å². The van der Waals surface area contributed by atoms with E-state index in [9.17, 15) is 4.79 Å². The van der Waals surface area contributed by atoms with Crippen molar-refractivity contribution in [2.75, 3.05) is 32.6 Å². The molecule has 16 heavy (non-hydrogen) atoms. The third kappa shape index (κ3) is 3.20. The maximum Gasteiger partial charge on any atom is 0.239 e. The fourth-order valence-corrected chi connectivity index (χ4v) is 1.47. The summed E-state index contributed by atoms with van der Waals surface area (Å²) >= 11 is 0. The predicted octanol–water partition coefficient (Wildman–Crippen LogP) is -0.0168. The number of nitrogens with one attached hydrogen (secondary N) is 2. The van der Waals surface area contributed by atoms with Crippen molar-refractivity contribution in [1.82, 2.24) is 15.6 Å². The lowest BCUT2D eigenvalue weighted by molar-refractivity contribution is -0.119. The summed E-state index contributed by atoms with van der Waals surface area (Å²) in [5.74, 6) is 0.809. The van der Waals surface area contributed by atoms with Gasteiger partial charge in [0.05, 0.1) is 6.54 Å². The molecule has 0 unspecified atom stereocenters. The number of rotatable bonds is 5. The van der Waals surface area contributed by atoms with Crippen LogP contribution in [-0.2, 0) is 11.3 Å². The van der Waals surface area contributed by atoms with Crippen molar-refractivity contribution < 1.29 is 4.79 Å². The Bertz CT molecular complexity index is 354. The van der Waals surface area contributed by atoms with Crippen LogP contribution >= 0.6 is 0 Å². The average Bonchev–Trinajstić information content (AvgIpc) is 2.30. The summed E-state index contributed by atoms with van der Waals surface area (Å²) in [5, 5.41) is 5.67. The molecule has 0 saturated heterocycles. The quantitative estimate of drug-likeness (QED) is 0.735. The normalized spacial score (nSPS) is 9.94. The molecule has 1 heterocycles. The molecule has 0 radical (unpaired) electrons. The van der Waals surface area contributed by atoms with Crippen LogP contribution in [0.5, 0.6) is 0 Å². The van der Waals surface area contributed by atoms with Gasteiger partial charge in [0.2, 0.25) is 5.91 Å². The third-order valence-electron chi connectivity index (χ3n) is 2.26. The van der Waals surface area contributed by atoms with E-state index in [1.165, 1.54) is 0 Å². The van der Waals surface area contributed by atoms with E-state index in [0.717, 1.165) is 17.9 Å². The van der Waals surface area contributed by atoms with Crippen molar-refractivity contribution in [3.63, 3.8) is 0 Å². The molecule has 0 aliphatic carbocycles. The molecule has 1 aromatic heterocycles. The highest BCUT2D eigenvalue weighted by molar-refractivity contribution is 5.80. The zero-order valence-electron chi connectivity index (χ0n) is 9.95. The molecule has 0 aliphatic heterocycles. The lowest BCUT2D eigenvalue weighted by Gasteiger charge is -2.20. The highest BCUT2D eigenvalue weighted by Gasteiger charge is 2.10. The number of amides is 1. The summed E-state index contributed by atoms with van der Waals surface area (Å²) in [6.45, 7) is 1.05. The van der Waals surface area contributed by atoms with Gasteiger partial charge < -0.3 is 15.5 Å². The molecule has 1 aromatic rings. The minimum Gasteiger partial charge on any atom is -0.358 e. The Morgan fingerprint density at radius 3 is 2.88 bits per heavy atom. The molecule has 0 aromatic carbocycles. The molecule has 5 heteroatoms. The number of aromatic nitrogens is 1. The molecular weight excluding hydrogens is 204 g/mol. The Balaban J connectivity index is 2.81. The summed E-state index contributed by atoms with van der Waals surface area (Å²) in [5.41, 5.74) is 1.08. The summed E-state index contributed by atoms with van der Waals surface area (Å²) < 4.78 is 0. The third-order valence-corrected chi connectivity index (χ3v) is 2.26. The van der Waals surface area contributed by atoms with Crippen molar-refractivity contribution >= 4 is 11.7 Å². The van der Waals surface area contributed by atoms with E-state index in [-0.39, 0.29) is 5.91 Å². The molecular formula is C11H18N4O. The van der Waals surface area contributed by atoms with Gasteiger partial charge in [0.15, 0.2) is 0 Å². The second-order valence-electron chi connectivity index (χ2n) is 3.55. The first-order chi connectivity index (χ1) is 7.69. The van der Waals surface area contributed by atoms with Crippen LogP contribution in [0.15, 0.2) is 18.3 Å². The van der Waals surface area contributed by atoms with Crippen molar-refractivity contribution in [3.8, 4) is 0 Å².